The maximum Gasteiger partial charge on any atom is 0.283 e. The molecule has 0 saturated carbocycles. The molecule has 2 heterocycles. The van der Waals surface area contributed by atoms with E-state index >= 15 is 0 Å². The number of hydrazine groups is 1. The third kappa shape index (κ3) is 3.55. The topological polar surface area (TPSA) is 82.2 Å². The molecule has 0 saturated heterocycles. The molecule has 6 nitrogen and oxygen atoms in total. The number of hydrogen-bond acceptors (Lipinski definition) is 4. The Hall–Kier alpha value is -3.71. The minimum Gasteiger partial charge on any atom is -0.494 e. The fraction of sp³-hybridized carbons (Fsp3) is 0.0909. The Morgan fingerprint density at radius 2 is 1.93 bits per heavy atom. The number of rotatable bonds is 5. The average molecular weight is 390 g/mol. The number of pyridine rings is 1. The predicted octanol–water partition coefficient (Wildman–Crippen LogP) is 3.50. The largest absolute Gasteiger partial charge is 0.494 e. The molecular formula is C22H19FN4O2. The Bertz CT molecular complexity index is 1190. The monoisotopic (exact) mass is 390 g/mol. The molecule has 0 atom stereocenters. The Morgan fingerprint density at radius 3 is 2.66 bits per heavy atom. The van der Waals surface area contributed by atoms with E-state index < -0.39 is 11.7 Å². The van der Waals surface area contributed by atoms with Crippen molar-refractivity contribution in [3.05, 3.63) is 83.9 Å². The van der Waals surface area contributed by atoms with Crippen LogP contribution >= 0.6 is 0 Å². The van der Waals surface area contributed by atoms with E-state index in [-0.39, 0.29) is 11.4 Å². The highest BCUT2D eigenvalue weighted by molar-refractivity contribution is 5.92. The van der Waals surface area contributed by atoms with Gasteiger partial charge in [-0.15, -0.1) is 0 Å². The average Bonchev–Trinajstić information content (AvgIpc) is 3.10. The minimum absolute atomic E-state index is 0.189. The van der Waals surface area contributed by atoms with Crippen molar-refractivity contribution < 1.29 is 13.9 Å². The molecular weight excluding hydrogens is 371 g/mol. The number of nitrogens with one attached hydrogen (secondary N) is 1. The predicted molar refractivity (Wildman–Crippen MR) is 109 cm³/mol. The lowest BCUT2D eigenvalue weighted by Gasteiger charge is -2.12. The van der Waals surface area contributed by atoms with Crippen molar-refractivity contribution in [2.75, 3.05) is 7.11 Å². The molecule has 7 heteroatoms. The van der Waals surface area contributed by atoms with Crippen LogP contribution in [0.25, 0.3) is 22.2 Å². The van der Waals surface area contributed by atoms with Crippen LogP contribution in [0.2, 0.25) is 0 Å². The molecule has 146 valence electrons. The lowest BCUT2D eigenvalue weighted by Crippen LogP contribution is -2.30. The highest BCUT2D eigenvalue weighted by atomic mass is 19.1. The van der Waals surface area contributed by atoms with E-state index in [9.17, 15) is 9.18 Å². The summed E-state index contributed by atoms with van der Waals surface area (Å²) in [4.78, 5) is 16.2. The molecule has 29 heavy (non-hydrogen) atoms. The molecule has 2 aromatic heterocycles. The summed E-state index contributed by atoms with van der Waals surface area (Å²) in [7, 11) is 1.44. The number of fused-ring (bicyclic) bond motifs is 1. The van der Waals surface area contributed by atoms with Crippen molar-refractivity contribution in [3.63, 3.8) is 0 Å². The maximum atomic E-state index is 14.4. The van der Waals surface area contributed by atoms with Crippen molar-refractivity contribution in [1.29, 1.82) is 0 Å². The van der Waals surface area contributed by atoms with Gasteiger partial charge in [-0.2, -0.15) is 0 Å². The number of ether oxygens (including phenoxy) is 1. The van der Waals surface area contributed by atoms with Crippen LogP contribution in [0.3, 0.4) is 0 Å². The summed E-state index contributed by atoms with van der Waals surface area (Å²) in [6, 6.07) is 20.1. The van der Waals surface area contributed by atoms with Gasteiger partial charge >= 0.3 is 0 Å². The number of benzene rings is 2. The van der Waals surface area contributed by atoms with E-state index in [1.54, 1.807) is 18.2 Å². The summed E-state index contributed by atoms with van der Waals surface area (Å²) in [5.41, 5.74) is 5.55. The Kier molecular flexibility index (Phi) is 4.97. The van der Waals surface area contributed by atoms with Crippen LogP contribution in [0.5, 0.6) is 5.75 Å². The molecule has 0 unspecified atom stereocenters. The van der Waals surface area contributed by atoms with Crippen molar-refractivity contribution in [2.24, 2.45) is 5.84 Å². The third-order valence-corrected chi connectivity index (χ3v) is 4.74. The smallest absolute Gasteiger partial charge is 0.283 e. The van der Waals surface area contributed by atoms with Crippen molar-refractivity contribution in [2.45, 2.75) is 6.54 Å². The zero-order valence-electron chi connectivity index (χ0n) is 15.7. The number of carbonyl (C=O) groups is 1. The molecule has 0 aliphatic rings. The highest BCUT2D eigenvalue weighted by Gasteiger charge is 2.16. The van der Waals surface area contributed by atoms with Gasteiger partial charge in [0.2, 0.25) is 0 Å². The summed E-state index contributed by atoms with van der Waals surface area (Å²) in [5, 5.41) is 0.845. The number of nitrogen functional groups attached to an aromatic ring is 1. The van der Waals surface area contributed by atoms with Crippen molar-refractivity contribution in [1.82, 2.24) is 15.0 Å². The number of nitrogens with two attached hydrogens (primary N) is 1. The molecule has 0 spiro atoms. The van der Waals surface area contributed by atoms with Gasteiger partial charge in [-0.05, 0) is 29.8 Å². The Labute approximate surface area is 166 Å². The fourth-order valence-corrected chi connectivity index (χ4v) is 3.37. The molecule has 3 N–H and O–H groups in total. The van der Waals surface area contributed by atoms with Gasteiger partial charge < -0.3 is 9.30 Å². The standard InChI is InChI=1S/C22H19FN4O2/c1-29-21-11-15-10-19(14-6-3-2-4-7-14)27(20(15)12-17(21)23)13-16-8-5-9-18(25-16)22(28)26-24/h2-12H,13,24H2,1H3,(H,26,28). The molecule has 0 radical (unpaired) electrons. The van der Waals surface area contributed by atoms with E-state index in [4.69, 9.17) is 10.6 Å². The second kappa shape index (κ2) is 7.73. The SMILES string of the molecule is COc1cc2cc(-c3ccccc3)n(Cc3cccc(C(=O)NN)n3)c2cc1F. The number of halogens is 1. The van der Waals surface area contributed by atoms with Gasteiger partial charge in [0, 0.05) is 17.1 Å². The summed E-state index contributed by atoms with van der Waals surface area (Å²) < 4.78 is 21.5. The number of methoxy groups -OCH3 is 1. The van der Waals surface area contributed by atoms with Crippen LogP contribution in [0.15, 0.2) is 66.7 Å². The quantitative estimate of drug-likeness (QED) is 0.310. The lowest BCUT2D eigenvalue weighted by atomic mass is 10.1. The van der Waals surface area contributed by atoms with Crippen molar-refractivity contribution in [3.8, 4) is 17.0 Å². The molecule has 1 amide bonds. The first-order chi connectivity index (χ1) is 14.1. The molecule has 0 aliphatic heterocycles. The molecule has 4 aromatic rings. The molecule has 4 rings (SSSR count). The molecule has 0 bridgehead atoms. The van der Waals surface area contributed by atoms with Gasteiger partial charge in [-0.3, -0.25) is 10.2 Å². The highest BCUT2D eigenvalue weighted by Crippen LogP contribution is 2.32. The van der Waals surface area contributed by atoms with Crippen LogP contribution in [-0.4, -0.2) is 22.6 Å². The fourth-order valence-electron chi connectivity index (χ4n) is 3.37. The van der Waals surface area contributed by atoms with Gasteiger partial charge in [0.25, 0.3) is 5.91 Å². The van der Waals surface area contributed by atoms with Gasteiger partial charge in [0.1, 0.15) is 5.69 Å². The molecule has 2 aromatic carbocycles. The van der Waals surface area contributed by atoms with Gasteiger partial charge in [-0.25, -0.2) is 15.2 Å². The van der Waals surface area contributed by atoms with Gasteiger partial charge in [-0.1, -0.05) is 36.4 Å². The number of aromatic nitrogens is 2. The zero-order chi connectivity index (χ0) is 20.4. The Balaban J connectivity index is 1.88. The van der Waals surface area contributed by atoms with Gasteiger partial charge in [0.05, 0.1) is 24.9 Å². The van der Waals surface area contributed by atoms with E-state index in [1.165, 1.54) is 13.2 Å². The molecule has 0 aliphatic carbocycles. The van der Waals surface area contributed by atoms with Crippen LogP contribution in [0, 0.1) is 5.82 Å². The summed E-state index contributed by atoms with van der Waals surface area (Å²) >= 11 is 0. The van der Waals surface area contributed by atoms with Crippen LogP contribution < -0.4 is 16.0 Å². The number of nitrogens with zero attached hydrogens (tertiary/aromatic N) is 2. The summed E-state index contributed by atoms with van der Waals surface area (Å²) in [6.07, 6.45) is 0. The summed E-state index contributed by atoms with van der Waals surface area (Å²) in [5.74, 6) is 4.49. The van der Waals surface area contributed by atoms with Crippen molar-refractivity contribution >= 4 is 16.8 Å². The maximum absolute atomic E-state index is 14.4. The van der Waals surface area contributed by atoms with E-state index in [1.807, 2.05) is 47.0 Å². The minimum atomic E-state index is -0.469. The van der Waals surface area contributed by atoms with E-state index in [2.05, 4.69) is 10.4 Å². The zero-order valence-corrected chi connectivity index (χ0v) is 15.7. The lowest BCUT2D eigenvalue weighted by molar-refractivity contribution is 0.0948. The van der Waals surface area contributed by atoms with Gasteiger partial charge in [0.15, 0.2) is 11.6 Å². The first-order valence-corrected chi connectivity index (χ1v) is 9.00. The summed E-state index contributed by atoms with van der Waals surface area (Å²) in [6.45, 7) is 0.352. The number of carbonyl (C=O) groups excluding carboxylic acids is 1. The third-order valence-electron chi connectivity index (χ3n) is 4.74. The van der Waals surface area contributed by atoms with E-state index in [0.717, 1.165) is 16.6 Å². The van der Waals surface area contributed by atoms with Crippen LogP contribution in [-0.2, 0) is 6.54 Å². The second-order valence-electron chi connectivity index (χ2n) is 6.51. The first-order valence-electron chi connectivity index (χ1n) is 9.00. The number of amides is 1. The van der Waals surface area contributed by atoms with Crippen LogP contribution in [0.4, 0.5) is 4.39 Å². The molecule has 0 fully saturated rings. The first kappa shape index (κ1) is 18.6. The van der Waals surface area contributed by atoms with Crippen LogP contribution in [0.1, 0.15) is 16.2 Å². The second-order valence-corrected chi connectivity index (χ2v) is 6.51. The van der Waals surface area contributed by atoms with E-state index in [0.29, 0.717) is 17.8 Å². The Morgan fingerprint density at radius 1 is 1.14 bits per heavy atom. The number of hydrogen-bond donors (Lipinski definition) is 2. The normalized spacial score (nSPS) is 10.9.